The Morgan fingerprint density at radius 3 is 2.67 bits per heavy atom. The maximum absolute atomic E-state index is 12.9. The van der Waals surface area contributed by atoms with Crippen LogP contribution in [0.2, 0.25) is 0 Å². The van der Waals surface area contributed by atoms with Crippen LogP contribution in [0.1, 0.15) is 17.6 Å². The van der Waals surface area contributed by atoms with E-state index < -0.39 is 30.3 Å². The number of hydrogen-bond donors (Lipinski definition) is 1. The molecule has 0 unspecified atom stereocenters. The molecule has 1 heterocycles. The van der Waals surface area contributed by atoms with Crippen LogP contribution in [-0.4, -0.2) is 16.1 Å². The molecular formula is C8H5BrF3NO2. The number of alkyl halides is 2. The maximum Gasteiger partial charge on any atom is 0.307 e. The molecule has 0 amide bonds. The summed E-state index contributed by atoms with van der Waals surface area (Å²) in [6.07, 6.45) is -3.51. The Morgan fingerprint density at radius 1 is 1.60 bits per heavy atom. The number of aliphatic carboxylic acids is 1. The van der Waals surface area contributed by atoms with Crippen molar-refractivity contribution < 1.29 is 23.1 Å². The van der Waals surface area contributed by atoms with Crippen molar-refractivity contribution in [2.24, 2.45) is 0 Å². The number of carboxylic acids is 1. The van der Waals surface area contributed by atoms with Gasteiger partial charge in [0.05, 0.1) is 12.0 Å². The van der Waals surface area contributed by atoms with E-state index in [1.165, 1.54) is 0 Å². The molecule has 0 atom stereocenters. The van der Waals surface area contributed by atoms with Crippen molar-refractivity contribution in [3.63, 3.8) is 0 Å². The standard InChI is InChI=1S/C8H5BrF3NO2/c9-6-3(2-5(14)15)1-4(7(10)11)8(12)13-6/h1,7H,2H2,(H,14,15). The third kappa shape index (κ3) is 2.92. The van der Waals surface area contributed by atoms with E-state index in [4.69, 9.17) is 5.11 Å². The molecule has 0 aliphatic heterocycles. The molecule has 0 fully saturated rings. The van der Waals surface area contributed by atoms with E-state index in [9.17, 15) is 18.0 Å². The van der Waals surface area contributed by atoms with Gasteiger partial charge in [0.15, 0.2) is 0 Å². The number of halogens is 4. The second kappa shape index (κ2) is 4.61. The molecule has 0 bridgehead atoms. The number of carbonyl (C=O) groups is 1. The summed E-state index contributed by atoms with van der Waals surface area (Å²) >= 11 is 2.80. The summed E-state index contributed by atoms with van der Waals surface area (Å²) in [5.74, 6) is -2.50. The Labute approximate surface area is 91.1 Å². The van der Waals surface area contributed by atoms with Gasteiger partial charge in [0, 0.05) is 0 Å². The minimum absolute atomic E-state index is 0.0131. The zero-order valence-corrected chi connectivity index (χ0v) is 8.76. The van der Waals surface area contributed by atoms with Gasteiger partial charge in [-0.3, -0.25) is 4.79 Å². The van der Waals surface area contributed by atoms with E-state index in [1.807, 2.05) is 0 Å². The lowest BCUT2D eigenvalue weighted by atomic mass is 10.1. The van der Waals surface area contributed by atoms with Crippen molar-refractivity contribution >= 4 is 21.9 Å². The molecule has 0 saturated heterocycles. The minimum atomic E-state index is -3.02. The van der Waals surface area contributed by atoms with Crippen molar-refractivity contribution in [3.05, 3.63) is 27.7 Å². The number of aromatic nitrogens is 1. The number of rotatable bonds is 3. The topological polar surface area (TPSA) is 50.2 Å². The fourth-order valence-electron chi connectivity index (χ4n) is 0.969. The van der Waals surface area contributed by atoms with Gasteiger partial charge in [-0.1, -0.05) is 0 Å². The molecule has 1 rings (SSSR count). The predicted octanol–water partition coefficient (Wildman–Crippen LogP) is 2.55. The molecule has 1 aromatic rings. The van der Waals surface area contributed by atoms with Gasteiger partial charge in [0.25, 0.3) is 6.43 Å². The van der Waals surface area contributed by atoms with Crippen LogP contribution >= 0.6 is 15.9 Å². The van der Waals surface area contributed by atoms with Crippen molar-refractivity contribution in [2.75, 3.05) is 0 Å². The zero-order chi connectivity index (χ0) is 11.6. The van der Waals surface area contributed by atoms with E-state index >= 15 is 0 Å². The molecule has 1 N–H and O–H groups in total. The highest BCUT2D eigenvalue weighted by atomic mass is 79.9. The summed E-state index contributed by atoms with van der Waals surface area (Å²) in [4.78, 5) is 13.5. The molecule has 82 valence electrons. The van der Waals surface area contributed by atoms with Gasteiger partial charge in [-0.25, -0.2) is 13.8 Å². The van der Waals surface area contributed by atoms with Gasteiger partial charge >= 0.3 is 5.97 Å². The normalized spacial score (nSPS) is 10.7. The largest absolute Gasteiger partial charge is 0.481 e. The third-order valence-corrected chi connectivity index (χ3v) is 2.29. The minimum Gasteiger partial charge on any atom is -0.481 e. The highest BCUT2D eigenvalue weighted by Crippen LogP contribution is 2.25. The van der Waals surface area contributed by atoms with Crippen LogP contribution < -0.4 is 0 Å². The van der Waals surface area contributed by atoms with E-state index in [0.29, 0.717) is 0 Å². The Bertz CT molecular complexity index is 398. The van der Waals surface area contributed by atoms with Crippen LogP contribution in [0.3, 0.4) is 0 Å². The van der Waals surface area contributed by atoms with Crippen LogP contribution in [0.25, 0.3) is 0 Å². The first-order chi connectivity index (χ1) is 6.91. The number of hydrogen-bond acceptors (Lipinski definition) is 2. The summed E-state index contributed by atoms with van der Waals surface area (Å²) in [6, 6.07) is 0.797. The van der Waals surface area contributed by atoms with Gasteiger partial charge in [-0.15, -0.1) is 0 Å². The smallest absolute Gasteiger partial charge is 0.307 e. The maximum atomic E-state index is 12.9. The van der Waals surface area contributed by atoms with Crippen LogP contribution in [0.5, 0.6) is 0 Å². The summed E-state index contributed by atoms with van der Waals surface area (Å²) in [6.45, 7) is 0. The summed E-state index contributed by atoms with van der Waals surface area (Å²) in [5, 5.41) is 8.46. The molecule has 0 aromatic carbocycles. The molecule has 0 saturated carbocycles. The number of carboxylic acid groups (broad SMARTS) is 1. The Balaban J connectivity index is 3.17. The molecule has 7 heteroatoms. The Morgan fingerprint density at radius 2 is 2.20 bits per heavy atom. The van der Waals surface area contributed by atoms with Crippen molar-refractivity contribution in [1.82, 2.24) is 4.98 Å². The van der Waals surface area contributed by atoms with Gasteiger partial charge < -0.3 is 5.11 Å². The highest BCUT2D eigenvalue weighted by molar-refractivity contribution is 9.10. The first kappa shape index (κ1) is 12.0. The average Bonchev–Trinajstić information content (AvgIpc) is 2.08. The van der Waals surface area contributed by atoms with Crippen LogP contribution in [-0.2, 0) is 11.2 Å². The zero-order valence-electron chi connectivity index (χ0n) is 7.18. The third-order valence-electron chi connectivity index (χ3n) is 1.61. The molecule has 0 aliphatic rings. The van der Waals surface area contributed by atoms with E-state index in [-0.39, 0.29) is 10.2 Å². The van der Waals surface area contributed by atoms with Gasteiger partial charge in [-0.2, -0.15) is 4.39 Å². The van der Waals surface area contributed by atoms with E-state index in [1.54, 1.807) is 0 Å². The molecule has 3 nitrogen and oxygen atoms in total. The van der Waals surface area contributed by atoms with Gasteiger partial charge in [0.2, 0.25) is 5.95 Å². The monoisotopic (exact) mass is 283 g/mol. The molecule has 0 spiro atoms. The fraction of sp³-hybridized carbons (Fsp3) is 0.250. The van der Waals surface area contributed by atoms with Crippen molar-refractivity contribution in [1.29, 1.82) is 0 Å². The lowest BCUT2D eigenvalue weighted by Gasteiger charge is -2.05. The highest BCUT2D eigenvalue weighted by Gasteiger charge is 2.18. The second-order valence-corrected chi connectivity index (χ2v) is 3.44. The van der Waals surface area contributed by atoms with Crippen LogP contribution in [0.15, 0.2) is 10.7 Å². The molecular weight excluding hydrogens is 279 g/mol. The summed E-state index contributed by atoms with van der Waals surface area (Å²) in [5.41, 5.74) is -0.881. The predicted molar refractivity (Wildman–Crippen MR) is 48.2 cm³/mol. The molecule has 1 aromatic heterocycles. The van der Waals surface area contributed by atoms with E-state index in [0.717, 1.165) is 6.07 Å². The molecule has 15 heavy (non-hydrogen) atoms. The lowest BCUT2D eigenvalue weighted by molar-refractivity contribution is -0.136. The summed E-state index contributed by atoms with van der Waals surface area (Å²) < 4.78 is 37.2. The second-order valence-electron chi connectivity index (χ2n) is 2.69. The quantitative estimate of drug-likeness (QED) is 0.868. The Hall–Kier alpha value is -1.11. The number of nitrogens with zero attached hydrogens (tertiary/aromatic N) is 1. The first-order valence-corrected chi connectivity index (χ1v) is 4.56. The van der Waals surface area contributed by atoms with Gasteiger partial charge in [-0.05, 0) is 27.6 Å². The SMILES string of the molecule is O=C(O)Cc1cc(C(F)F)c(F)nc1Br. The summed E-state index contributed by atoms with van der Waals surface area (Å²) in [7, 11) is 0. The molecule has 0 aliphatic carbocycles. The Kier molecular flexibility index (Phi) is 3.67. The first-order valence-electron chi connectivity index (χ1n) is 3.76. The number of pyridine rings is 1. The van der Waals surface area contributed by atoms with Crippen LogP contribution in [0.4, 0.5) is 13.2 Å². The van der Waals surface area contributed by atoms with Gasteiger partial charge in [0.1, 0.15) is 4.60 Å². The molecule has 0 radical (unpaired) electrons. The van der Waals surface area contributed by atoms with Crippen molar-refractivity contribution in [3.8, 4) is 0 Å². The van der Waals surface area contributed by atoms with Crippen molar-refractivity contribution in [2.45, 2.75) is 12.8 Å². The van der Waals surface area contributed by atoms with E-state index in [2.05, 4.69) is 20.9 Å². The lowest BCUT2D eigenvalue weighted by Crippen LogP contribution is -2.05. The van der Waals surface area contributed by atoms with Crippen LogP contribution in [0, 0.1) is 5.95 Å². The average molecular weight is 284 g/mol. The fourth-order valence-corrected chi connectivity index (χ4v) is 1.38.